The molecule has 4 aliphatic carbocycles. The van der Waals surface area contributed by atoms with Crippen LogP contribution in [0.3, 0.4) is 0 Å². The standard InChI is InChI=1S/C50H64O14/c1-23-13-12-14-25(3)38-27(5)18-31-33(49(38,9)42(53)37-43(54)50(64-46(37)58)21-28(6)32(44(55)56)22-48(50,8)20-23)15-24(2)16-34(31)62-47-40(52)39(51)41(29(7)61-47)63-45(57)36-26(4)17-30(59-10)19-35(36)60-11/h14-15,17,19-20,22,27-29,31,33-34,38-41,47,51-53H,12-13,16,18,21H2,1-11H3,(H,55,56)/b23-20+,25-14-,42-37?. The average molecular weight is 889 g/mol. The number of aryl methyl sites for hydroxylation is 1. The highest BCUT2D eigenvalue weighted by atomic mass is 16.7. The number of Topliss-reactive ketones (excluding diaryl/α,β-unsaturated/α-hetero) is 1. The minimum Gasteiger partial charge on any atom is -0.511 e. The third-order valence-electron chi connectivity index (χ3n) is 15.3. The number of aliphatic carboxylic acids is 1. The van der Waals surface area contributed by atoms with Crippen molar-refractivity contribution in [3.05, 3.63) is 81.2 Å². The third-order valence-corrected chi connectivity index (χ3v) is 15.3. The lowest BCUT2D eigenvalue weighted by Crippen LogP contribution is -2.60. The van der Waals surface area contributed by atoms with Gasteiger partial charge in [-0.3, -0.25) is 4.79 Å². The molecular weight excluding hydrogens is 825 g/mol. The summed E-state index contributed by atoms with van der Waals surface area (Å²) in [7, 11) is 2.91. The summed E-state index contributed by atoms with van der Waals surface area (Å²) in [6.45, 7) is 16.6. The Labute approximate surface area is 375 Å². The fourth-order valence-corrected chi connectivity index (χ4v) is 12.3. The maximum absolute atomic E-state index is 15.2. The molecule has 6 aliphatic rings. The van der Waals surface area contributed by atoms with Crippen molar-refractivity contribution in [2.75, 3.05) is 14.2 Å². The first-order chi connectivity index (χ1) is 30.0. The maximum atomic E-state index is 15.2. The quantitative estimate of drug-likeness (QED) is 0.123. The predicted molar refractivity (Wildman–Crippen MR) is 233 cm³/mol. The number of benzene rings is 1. The Morgan fingerprint density at radius 2 is 1.64 bits per heavy atom. The van der Waals surface area contributed by atoms with Crippen LogP contribution in [0.2, 0.25) is 0 Å². The summed E-state index contributed by atoms with van der Waals surface area (Å²) in [4.78, 5) is 55.5. The van der Waals surface area contributed by atoms with Crippen LogP contribution in [0.4, 0.5) is 0 Å². The molecule has 0 aromatic heterocycles. The van der Waals surface area contributed by atoms with E-state index in [1.165, 1.54) is 14.2 Å². The summed E-state index contributed by atoms with van der Waals surface area (Å²) in [5, 5.41) is 46.2. The lowest BCUT2D eigenvalue weighted by Gasteiger charge is -2.56. The zero-order valence-corrected chi connectivity index (χ0v) is 38.7. The summed E-state index contributed by atoms with van der Waals surface area (Å²) in [5.41, 5.74) is -1.22. The van der Waals surface area contributed by atoms with Gasteiger partial charge < -0.3 is 48.8 Å². The second-order valence-electron chi connectivity index (χ2n) is 19.7. The van der Waals surface area contributed by atoms with Gasteiger partial charge in [0.25, 0.3) is 0 Å². The number of aliphatic hydroxyl groups is 3. The van der Waals surface area contributed by atoms with E-state index < -0.39 is 94.3 Å². The van der Waals surface area contributed by atoms with Crippen LogP contribution in [0, 0.1) is 47.3 Å². The first-order valence-corrected chi connectivity index (χ1v) is 22.3. The van der Waals surface area contributed by atoms with Gasteiger partial charge in [0.2, 0.25) is 5.78 Å². The molecule has 2 saturated heterocycles. The number of aliphatic hydroxyl groups excluding tert-OH is 3. The number of hydrogen-bond donors (Lipinski definition) is 4. The van der Waals surface area contributed by atoms with E-state index in [1.54, 1.807) is 45.9 Å². The number of methoxy groups -OCH3 is 2. The van der Waals surface area contributed by atoms with Gasteiger partial charge in [0.05, 0.1) is 31.8 Å². The Morgan fingerprint density at radius 3 is 2.30 bits per heavy atom. The van der Waals surface area contributed by atoms with Crippen molar-refractivity contribution in [3.63, 3.8) is 0 Å². The molecule has 2 heterocycles. The average Bonchev–Trinajstić information content (AvgIpc) is 3.47. The number of rotatable bonds is 7. The predicted octanol–water partition coefficient (Wildman–Crippen LogP) is 7.05. The number of ketones is 1. The number of carboxylic acid groups (broad SMARTS) is 1. The van der Waals surface area contributed by atoms with E-state index >= 15 is 4.79 Å². The number of carboxylic acids is 1. The first kappa shape index (κ1) is 47.2. The normalized spacial score (nSPS) is 40.5. The highest BCUT2D eigenvalue weighted by molar-refractivity contribution is 6.26. The summed E-state index contributed by atoms with van der Waals surface area (Å²) in [6.07, 6.45) is 2.48. The Balaban J connectivity index is 1.23. The second kappa shape index (κ2) is 17.2. The van der Waals surface area contributed by atoms with Crippen LogP contribution in [0.25, 0.3) is 0 Å². The summed E-state index contributed by atoms with van der Waals surface area (Å²) in [6, 6.07) is 3.21. The van der Waals surface area contributed by atoms with E-state index in [0.717, 1.165) is 16.7 Å². The van der Waals surface area contributed by atoms with Crippen LogP contribution in [0.5, 0.6) is 11.5 Å². The summed E-state index contributed by atoms with van der Waals surface area (Å²) >= 11 is 0. The lowest BCUT2D eigenvalue weighted by molar-refractivity contribution is -0.310. The third kappa shape index (κ3) is 7.61. The van der Waals surface area contributed by atoms with E-state index in [9.17, 15) is 34.8 Å². The molecule has 7 rings (SSSR count). The van der Waals surface area contributed by atoms with Gasteiger partial charge in [0, 0.05) is 23.5 Å². The van der Waals surface area contributed by atoms with E-state index in [4.69, 9.17) is 28.4 Å². The number of esters is 2. The molecule has 1 spiro atoms. The van der Waals surface area contributed by atoms with Gasteiger partial charge in [-0.05, 0) is 108 Å². The van der Waals surface area contributed by atoms with Crippen LogP contribution < -0.4 is 9.47 Å². The molecule has 0 amide bonds. The molecule has 1 saturated carbocycles. The van der Waals surface area contributed by atoms with Crippen molar-refractivity contribution in [2.24, 2.45) is 40.4 Å². The Hall–Kier alpha value is -4.76. The summed E-state index contributed by atoms with van der Waals surface area (Å²) in [5.74, 6) is -5.12. The molecule has 0 radical (unpaired) electrons. The molecular formula is C50H64O14. The van der Waals surface area contributed by atoms with Crippen molar-refractivity contribution < 1.29 is 68.0 Å². The zero-order valence-electron chi connectivity index (χ0n) is 38.7. The van der Waals surface area contributed by atoms with Gasteiger partial charge in [-0.25, -0.2) is 14.4 Å². The molecule has 1 aromatic carbocycles. The molecule has 14 nitrogen and oxygen atoms in total. The van der Waals surface area contributed by atoms with Crippen LogP contribution in [-0.2, 0) is 33.3 Å². The van der Waals surface area contributed by atoms with Crippen molar-refractivity contribution in [1.82, 2.24) is 0 Å². The molecule has 14 atom stereocenters. The van der Waals surface area contributed by atoms with Gasteiger partial charge >= 0.3 is 17.9 Å². The van der Waals surface area contributed by atoms with Crippen molar-refractivity contribution in [3.8, 4) is 11.5 Å². The number of carbonyl (C=O) groups is 4. The molecule has 64 heavy (non-hydrogen) atoms. The Kier molecular flexibility index (Phi) is 12.7. The van der Waals surface area contributed by atoms with Gasteiger partial charge in [-0.1, -0.05) is 61.8 Å². The fourth-order valence-electron chi connectivity index (χ4n) is 12.3. The molecule has 1 aromatic rings. The number of carbonyl (C=O) groups excluding carboxylic acids is 3. The number of ether oxygens (including phenoxy) is 6. The minimum absolute atomic E-state index is 0.0784. The van der Waals surface area contributed by atoms with Gasteiger partial charge in [-0.2, -0.15) is 0 Å². The van der Waals surface area contributed by atoms with E-state index in [-0.39, 0.29) is 46.8 Å². The maximum Gasteiger partial charge on any atom is 0.346 e. The molecule has 4 N–H and O–H groups in total. The van der Waals surface area contributed by atoms with Crippen molar-refractivity contribution in [2.45, 2.75) is 137 Å². The van der Waals surface area contributed by atoms with Crippen LogP contribution in [0.15, 0.2) is 70.1 Å². The first-order valence-electron chi connectivity index (χ1n) is 22.3. The molecule has 3 fully saturated rings. The van der Waals surface area contributed by atoms with Gasteiger partial charge in [0.1, 0.15) is 40.6 Å². The topological polar surface area (TPSA) is 205 Å². The van der Waals surface area contributed by atoms with E-state index in [2.05, 4.69) is 19.1 Å². The van der Waals surface area contributed by atoms with Crippen LogP contribution in [0.1, 0.15) is 103 Å². The molecule has 348 valence electrons. The minimum atomic E-state index is -1.79. The zero-order chi connectivity index (χ0) is 47.0. The van der Waals surface area contributed by atoms with Crippen molar-refractivity contribution >= 4 is 23.7 Å². The highest BCUT2D eigenvalue weighted by Crippen LogP contribution is 2.62. The van der Waals surface area contributed by atoms with Crippen LogP contribution in [-0.4, -0.2) is 101 Å². The van der Waals surface area contributed by atoms with Crippen molar-refractivity contribution in [1.29, 1.82) is 0 Å². The van der Waals surface area contributed by atoms with Gasteiger partial charge in [-0.15, -0.1) is 0 Å². The largest absolute Gasteiger partial charge is 0.511 e. The van der Waals surface area contributed by atoms with Gasteiger partial charge in [0.15, 0.2) is 18.0 Å². The highest BCUT2D eigenvalue weighted by Gasteiger charge is 2.67. The fraction of sp³-hybridized carbons (Fsp3) is 0.600. The lowest BCUT2D eigenvalue weighted by atomic mass is 9.48. The Morgan fingerprint density at radius 1 is 0.938 bits per heavy atom. The number of fused-ring (bicyclic) bond motifs is 4. The summed E-state index contributed by atoms with van der Waals surface area (Å²) < 4.78 is 35.7. The molecule has 14 heteroatoms. The SMILES string of the molecule is COc1cc(C)c(C(=O)OC2C(C)OC(OC3CC(C)=CC4C3CC(C)C3/C(C)=C\CC/C(C)=C/C5(C)C=C(C(=O)O)C(C)CC56OC(=O)C(=C(O)C43C)C6=O)C(O)C2O)c(OC)c1. The Bertz CT molecular complexity index is 2270. The second-order valence-corrected chi connectivity index (χ2v) is 19.7. The molecule has 2 bridgehead atoms. The van der Waals surface area contributed by atoms with E-state index in [1.807, 2.05) is 33.8 Å². The molecule has 14 unspecified atom stereocenters. The number of allylic oxidation sites excluding steroid dienone is 5. The van der Waals surface area contributed by atoms with Crippen LogP contribution >= 0.6 is 0 Å². The smallest absolute Gasteiger partial charge is 0.346 e. The van der Waals surface area contributed by atoms with E-state index in [0.29, 0.717) is 37.0 Å². The number of hydrogen-bond acceptors (Lipinski definition) is 13. The monoisotopic (exact) mass is 888 g/mol. The molecule has 2 aliphatic heterocycles.